The van der Waals surface area contributed by atoms with E-state index in [1.807, 2.05) is 6.92 Å². The minimum Gasteiger partial charge on any atom is -0.347 e. The monoisotopic (exact) mass is 326 g/mol. The van der Waals surface area contributed by atoms with Gasteiger partial charge >= 0.3 is 0 Å². The number of aryl methyl sites for hydroxylation is 1. The van der Waals surface area contributed by atoms with Crippen molar-refractivity contribution in [1.29, 1.82) is 0 Å². The third-order valence-corrected chi connectivity index (χ3v) is 4.68. The maximum atomic E-state index is 12.1. The summed E-state index contributed by atoms with van der Waals surface area (Å²) in [6.07, 6.45) is 4.31. The van der Waals surface area contributed by atoms with Gasteiger partial charge in [-0.3, -0.25) is 14.8 Å². The minimum absolute atomic E-state index is 0.114. The molecule has 0 radical (unpaired) electrons. The normalized spacial score (nSPS) is 18.5. The highest BCUT2D eigenvalue weighted by molar-refractivity contribution is 5.93. The summed E-state index contributed by atoms with van der Waals surface area (Å²) in [6, 6.07) is 8.54. The van der Waals surface area contributed by atoms with Crippen LogP contribution in [0.15, 0.2) is 30.5 Å². The number of hydrogen-bond donors (Lipinski definition) is 2. The molecule has 2 aromatic rings. The lowest BCUT2D eigenvalue weighted by Gasteiger charge is -2.30. The number of aromatic nitrogens is 2. The van der Waals surface area contributed by atoms with Gasteiger partial charge in [-0.05, 0) is 48.9 Å². The smallest absolute Gasteiger partial charge is 0.269 e. The van der Waals surface area contributed by atoms with E-state index >= 15 is 0 Å². The average Bonchev–Trinajstić information content (AvgIpc) is 3.00. The van der Waals surface area contributed by atoms with E-state index in [9.17, 15) is 4.79 Å². The van der Waals surface area contributed by atoms with Crippen LogP contribution in [0.3, 0.4) is 0 Å². The van der Waals surface area contributed by atoms with Crippen molar-refractivity contribution >= 4 is 5.91 Å². The Morgan fingerprint density at radius 1 is 1.33 bits per heavy atom. The number of carbonyl (C=O) groups excluding carboxylic acids is 1. The Labute approximate surface area is 143 Å². The molecule has 1 unspecified atom stereocenters. The van der Waals surface area contributed by atoms with Crippen LogP contribution >= 0.6 is 0 Å². The predicted octanol–water partition coefficient (Wildman–Crippen LogP) is 2.88. The number of nitrogens with one attached hydrogen (secondary N) is 2. The van der Waals surface area contributed by atoms with E-state index < -0.39 is 0 Å². The zero-order valence-electron chi connectivity index (χ0n) is 14.5. The van der Waals surface area contributed by atoms with E-state index in [4.69, 9.17) is 0 Å². The number of nitrogens with zero attached hydrogens (tertiary/aromatic N) is 2. The summed E-state index contributed by atoms with van der Waals surface area (Å²) in [5.74, 6) is 0.690. The third-order valence-electron chi connectivity index (χ3n) is 4.68. The molecule has 3 rings (SSSR count). The second-order valence-corrected chi connectivity index (χ2v) is 6.91. The van der Waals surface area contributed by atoms with Crippen LogP contribution in [-0.2, 0) is 13.1 Å². The van der Waals surface area contributed by atoms with Crippen LogP contribution in [-0.4, -0.2) is 34.1 Å². The number of carbonyl (C=O) groups is 1. The van der Waals surface area contributed by atoms with E-state index in [0.29, 0.717) is 12.2 Å². The topological polar surface area (TPSA) is 61.0 Å². The molecule has 0 bridgehead atoms. The lowest BCUT2D eigenvalue weighted by atomic mass is 9.99. The molecule has 1 amide bonds. The largest absolute Gasteiger partial charge is 0.347 e. The van der Waals surface area contributed by atoms with Crippen molar-refractivity contribution < 1.29 is 4.79 Å². The van der Waals surface area contributed by atoms with Gasteiger partial charge in [0.05, 0.1) is 6.20 Å². The molecule has 5 nitrogen and oxygen atoms in total. The number of H-pyrrole nitrogens is 1. The molecule has 24 heavy (non-hydrogen) atoms. The molecule has 1 atom stereocenters. The number of hydrogen-bond acceptors (Lipinski definition) is 3. The number of piperidine rings is 1. The lowest BCUT2D eigenvalue weighted by Crippen LogP contribution is -2.33. The molecule has 2 heterocycles. The van der Waals surface area contributed by atoms with Gasteiger partial charge in [0.15, 0.2) is 0 Å². The van der Waals surface area contributed by atoms with Gasteiger partial charge < -0.3 is 5.32 Å². The maximum Gasteiger partial charge on any atom is 0.269 e. The molecule has 1 aromatic heterocycles. The Hall–Kier alpha value is -2.14. The van der Waals surface area contributed by atoms with Gasteiger partial charge in [-0.1, -0.05) is 31.2 Å². The Morgan fingerprint density at radius 2 is 2.08 bits per heavy atom. The predicted molar refractivity (Wildman–Crippen MR) is 94.6 cm³/mol. The average molecular weight is 326 g/mol. The third kappa shape index (κ3) is 4.23. The van der Waals surface area contributed by atoms with Crippen molar-refractivity contribution in [2.45, 2.75) is 39.8 Å². The van der Waals surface area contributed by atoms with E-state index in [-0.39, 0.29) is 5.91 Å². The molecule has 0 spiro atoms. The van der Waals surface area contributed by atoms with Crippen LogP contribution in [0.1, 0.15) is 46.9 Å². The van der Waals surface area contributed by atoms with Crippen LogP contribution in [0.5, 0.6) is 0 Å². The molecule has 5 heteroatoms. The van der Waals surface area contributed by atoms with Crippen LogP contribution in [0.25, 0.3) is 0 Å². The van der Waals surface area contributed by atoms with Gasteiger partial charge in [0.2, 0.25) is 0 Å². The number of aromatic amines is 1. The first-order chi connectivity index (χ1) is 11.6. The minimum atomic E-state index is -0.114. The Kier molecular flexibility index (Phi) is 5.30. The summed E-state index contributed by atoms with van der Waals surface area (Å²) in [7, 11) is 0. The number of benzene rings is 1. The summed E-state index contributed by atoms with van der Waals surface area (Å²) < 4.78 is 0. The molecule has 128 valence electrons. The van der Waals surface area contributed by atoms with Crippen molar-refractivity contribution in [2.24, 2.45) is 5.92 Å². The van der Waals surface area contributed by atoms with Crippen LogP contribution in [0.4, 0.5) is 0 Å². The van der Waals surface area contributed by atoms with Gasteiger partial charge in [-0.2, -0.15) is 5.10 Å². The molecule has 1 fully saturated rings. The van der Waals surface area contributed by atoms with Gasteiger partial charge in [-0.25, -0.2) is 0 Å². The standard InChI is InChI=1S/C19H26N4O/c1-14-4-3-9-23(12-14)13-17-7-5-16(6-8-17)11-20-19(24)18-15(2)10-21-22-18/h5-8,10,14H,3-4,9,11-13H2,1-2H3,(H,20,24)(H,21,22). The summed E-state index contributed by atoms with van der Waals surface area (Å²) in [5.41, 5.74) is 3.84. The molecule has 1 aromatic carbocycles. The van der Waals surface area contributed by atoms with Crippen molar-refractivity contribution in [1.82, 2.24) is 20.4 Å². The molecular formula is C19H26N4O. The zero-order valence-corrected chi connectivity index (χ0v) is 14.5. The summed E-state index contributed by atoms with van der Waals surface area (Å²) in [6.45, 7) is 8.14. The van der Waals surface area contributed by atoms with E-state index in [2.05, 4.69) is 51.6 Å². The highest BCUT2D eigenvalue weighted by Crippen LogP contribution is 2.18. The highest BCUT2D eigenvalue weighted by Gasteiger charge is 2.16. The van der Waals surface area contributed by atoms with Crippen molar-refractivity contribution in [3.8, 4) is 0 Å². The lowest BCUT2D eigenvalue weighted by molar-refractivity contribution is 0.0945. The zero-order chi connectivity index (χ0) is 16.9. The van der Waals surface area contributed by atoms with Gasteiger partial charge in [0.25, 0.3) is 5.91 Å². The van der Waals surface area contributed by atoms with Crippen molar-refractivity contribution in [3.05, 3.63) is 52.8 Å². The van der Waals surface area contributed by atoms with Gasteiger partial charge in [0.1, 0.15) is 5.69 Å². The quantitative estimate of drug-likeness (QED) is 0.888. The molecule has 0 saturated carbocycles. The first-order valence-electron chi connectivity index (χ1n) is 8.70. The summed E-state index contributed by atoms with van der Waals surface area (Å²) >= 11 is 0. The van der Waals surface area contributed by atoms with Crippen LogP contribution < -0.4 is 5.32 Å². The van der Waals surface area contributed by atoms with Crippen LogP contribution in [0, 0.1) is 12.8 Å². The Balaban J connectivity index is 1.51. The second-order valence-electron chi connectivity index (χ2n) is 6.91. The van der Waals surface area contributed by atoms with E-state index in [1.54, 1.807) is 6.20 Å². The molecule has 0 aliphatic carbocycles. The Bertz CT molecular complexity index is 677. The van der Waals surface area contributed by atoms with E-state index in [1.165, 1.54) is 31.5 Å². The number of amides is 1. The number of rotatable bonds is 5. The second kappa shape index (κ2) is 7.62. The first-order valence-corrected chi connectivity index (χ1v) is 8.70. The van der Waals surface area contributed by atoms with Gasteiger partial charge in [-0.15, -0.1) is 0 Å². The van der Waals surface area contributed by atoms with Gasteiger partial charge in [0, 0.05) is 19.6 Å². The Morgan fingerprint density at radius 3 is 2.75 bits per heavy atom. The fourth-order valence-electron chi connectivity index (χ4n) is 3.30. The fraction of sp³-hybridized carbons (Fsp3) is 0.474. The maximum absolute atomic E-state index is 12.1. The van der Waals surface area contributed by atoms with E-state index in [0.717, 1.165) is 23.6 Å². The van der Waals surface area contributed by atoms with Crippen molar-refractivity contribution in [2.75, 3.05) is 13.1 Å². The SMILES string of the molecule is Cc1cn[nH]c1C(=O)NCc1ccc(CN2CCCC(C)C2)cc1. The van der Waals surface area contributed by atoms with Crippen LogP contribution in [0.2, 0.25) is 0 Å². The summed E-state index contributed by atoms with van der Waals surface area (Å²) in [5, 5.41) is 9.54. The molecule has 2 N–H and O–H groups in total. The molecular weight excluding hydrogens is 300 g/mol. The highest BCUT2D eigenvalue weighted by atomic mass is 16.1. The summed E-state index contributed by atoms with van der Waals surface area (Å²) in [4.78, 5) is 14.6. The molecule has 1 aliphatic rings. The fourth-order valence-corrected chi connectivity index (χ4v) is 3.30. The molecule has 1 aliphatic heterocycles. The number of likely N-dealkylation sites (tertiary alicyclic amines) is 1. The first kappa shape index (κ1) is 16.7. The molecule has 1 saturated heterocycles. The van der Waals surface area contributed by atoms with Crippen molar-refractivity contribution in [3.63, 3.8) is 0 Å².